The number of aryl methyl sites for hydroxylation is 3. The molecule has 3 aromatic rings. The van der Waals surface area contributed by atoms with Crippen molar-refractivity contribution in [3.63, 3.8) is 0 Å². The minimum atomic E-state index is 0.708. The fourth-order valence-corrected chi connectivity index (χ4v) is 2.43. The molecule has 3 rings (SSSR count). The second-order valence-electron chi connectivity index (χ2n) is 4.62. The summed E-state index contributed by atoms with van der Waals surface area (Å²) in [5.41, 5.74) is 6.44. The van der Waals surface area contributed by atoms with Gasteiger partial charge in [0.05, 0.1) is 6.20 Å². The zero-order valence-electron chi connectivity index (χ0n) is 10.7. The van der Waals surface area contributed by atoms with E-state index in [9.17, 15) is 0 Å². The van der Waals surface area contributed by atoms with E-state index in [2.05, 4.69) is 52.8 Å². The quantitative estimate of drug-likeness (QED) is 0.709. The molecule has 0 fully saturated rings. The van der Waals surface area contributed by atoms with E-state index in [-0.39, 0.29) is 0 Å². The van der Waals surface area contributed by atoms with Gasteiger partial charge in [0.2, 0.25) is 0 Å². The van der Waals surface area contributed by atoms with Crippen LogP contribution in [0.5, 0.6) is 0 Å². The third-order valence-corrected chi connectivity index (χ3v) is 3.08. The Morgan fingerprint density at radius 1 is 1.06 bits per heavy atom. The number of H-pyrrole nitrogens is 1. The maximum atomic E-state index is 4.53. The highest BCUT2D eigenvalue weighted by atomic mass is 15.0. The number of aromatic amines is 1. The molecule has 0 atom stereocenters. The van der Waals surface area contributed by atoms with Crippen LogP contribution in [0.2, 0.25) is 0 Å². The SMILES string of the molecule is Cc1cc(C)c(-c2nc3ncncc3[nH]2)c(C)c1. The van der Waals surface area contributed by atoms with Gasteiger partial charge in [0, 0.05) is 5.56 Å². The maximum absolute atomic E-state index is 4.53. The number of nitrogens with one attached hydrogen (secondary N) is 1. The molecule has 0 saturated carbocycles. The molecule has 0 amide bonds. The zero-order chi connectivity index (χ0) is 12.7. The number of aromatic nitrogens is 4. The van der Waals surface area contributed by atoms with Gasteiger partial charge in [-0.1, -0.05) is 17.7 Å². The standard InChI is InChI=1S/C14H14N4/c1-8-4-9(2)12(10(3)5-8)14-17-11-6-15-7-16-13(11)18-14/h4-7H,1-3H3,(H,15,16,17,18). The van der Waals surface area contributed by atoms with Gasteiger partial charge in [-0.25, -0.2) is 15.0 Å². The van der Waals surface area contributed by atoms with Gasteiger partial charge in [0.25, 0.3) is 0 Å². The summed E-state index contributed by atoms with van der Waals surface area (Å²) in [4.78, 5) is 16.0. The molecule has 0 unspecified atom stereocenters. The zero-order valence-corrected chi connectivity index (χ0v) is 10.7. The monoisotopic (exact) mass is 238 g/mol. The summed E-state index contributed by atoms with van der Waals surface area (Å²) >= 11 is 0. The Labute approximate surface area is 105 Å². The first-order chi connectivity index (χ1) is 8.65. The number of imidazole rings is 1. The first-order valence-electron chi connectivity index (χ1n) is 5.89. The first kappa shape index (κ1) is 10.9. The fraction of sp³-hybridized carbons (Fsp3) is 0.214. The van der Waals surface area contributed by atoms with Crippen LogP contribution in [0.1, 0.15) is 16.7 Å². The van der Waals surface area contributed by atoms with E-state index in [4.69, 9.17) is 0 Å². The third-order valence-electron chi connectivity index (χ3n) is 3.08. The van der Waals surface area contributed by atoms with Gasteiger partial charge in [-0.3, -0.25) is 0 Å². The van der Waals surface area contributed by atoms with Crippen molar-refractivity contribution in [3.8, 4) is 11.4 Å². The van der Waals surface area contributed by atoms with E-state index in [1.54, 1.807) is 6.20 Å². The topological polar surface area (TPSA) is 54.5 Å². The number of rotatable bonds is 1. The molecule has 4 heteroatoms. The largest absolute Gasteiger partial charge is 0.335 e. The highest BCUT2D eigenvalue weighted by molar-refractivity contribution is 5.77. The first-order valence-corrected chi connectivity index (χ1v) is 5.89. The number of fused-ring (bicyclic) bond motifs is 1. The molecule has 18 heavy (non-hydrogen) atoms. The molecule has 0 saturated heterocycles. The Hall–Kier alpha value is -2.23. The lowest BCUT2D eigenvalue weighted by molar-refractivity contribution is 1.20. The average Bonchev–Trinajstić information content (AvgIpc) is 2.70. The Balaban J connectivity index is 2.26. The average molecular weight is 238 g/mol. The van der Waals surface area contributed by atoms with Crippen molar-refractivity contribution in [1.82, 2.24) is 19.9 Å². The Morgan fingerprint density at radius 3 is 2.44 bits per heavy atom. The van der Waals surface area contributed by atoms with Crippen LogP contribution in [0.15, 0.2) is 24.7 Å². The molecule has 0 bridgehead atoms. The van der Waals surface area contributed by atoms with Crippen molar-refractivity contribution >= 4 is 11.2 Å². The minimum Gasteiger partial charge on any atom is -0.335 e. The van der Waals surface area contributed by atoms with E-state index < -0.39 is 0 Å². The van der Waals surface area contributed by atoms with Crippen LogP contribution in [0.3, 0.4) is 0 Å². The van der Waals surface area contributed by atoms with Crippen molar-refractivity contribution < 1.29 is 0 Å². The van der Waals surface area contributed by atoms with E-state index in [1.807, 2.05) is 0 Å². The molecule has 0 aliphatic heterocycles. The molecule has 90 valence electrons. The van der Waals surface area contributed by atoms with Gasteiger partial charge in [0.1, 0.15) is 17.7 Å². The fourth-order valence-electron chi connectivity index (χ4n) is 2.43. The molecule has 0 aliphatic rings. The minimum absolute atomic E-state index is 0.708. The second-order valence-corrected chi connectivity index (χ2v) is 4.62. The molecule has 1 N–H and O–H groups in total. The molecule has 1 aromatic carbocycles. The lowest BCUT2D eigenvalue weighted by Crippen LogP contribution is -1.91. The summed E-state index contributed by atoms with van der Waals surface area (Å²) in [6.45, 7) is 6.32. The van der Waals surface area contributed by atoms with E-state index >= 15 is 0 Å². The lowest BCUT2D eigenvalue weighted by atomic mass is 9.99. The number of nitrogens with zero attached hydrogens (tertiary/aromatic N) is 3. The molecule has 0 radical (unpaired) electrons. The second kappa shape index (κ2) is 3.91. The van der Waals surface area contributed by atoms with E-state index in [1.165, 1.54) is 23.0 Å². The molecule has 2 aromatic heterocycles. The third kappa shape index (κ3) is 1.66. The molecular formula is C14H14N4. The van der Waals surface area contributed by atoms with Gasteiger partial charge in [-0.2, -0.15) is 0 Å². The van der Waals surface area contributed by atoms with Crippen LogP contribution in [-0.2, 0) is 0 Å². The van der Waals surface area contributed by atoms with Crippen LogP contribution < -0.4 is 0 Å². The van der Waals surface area contributed by atoms with Crippen LogP contribution in [0.25, 0.3) is 22.6 Å². The smallest absolute Gasteiger partial charge is 0.181 e. The van der Waals surface area contributed by atoms with Crippen molar-refractivity contribution in [2.24, 2.45) is 0 Å². The van der Waals surface area contributed by atoms with Crippen molar-refractivity contribution in [3.05, 3.63) is 41.3 Å². The van der Waals surface area contributed by atoms with E-state index in [0.29, 0.717) is 5.65 Å². The van der Waals surface area contributed by atoms with Crippen molar-refractivity contribution in [2.75, 3.05) is 0 Å². The van der Waals surface area contributed by atoms with Crippen molar-refractivity contribution in [2.45, 2.75) is 20.8 Å². The van der Waals surface area contributed by atoms with Crippen LogP contribution in [-0.4, -0.2) is 19.9 Å². The summed E-state index contributed by atoms with van der Waals surface area (Å²) in [5.74, 6) is 0.862. The molecule has 0 aliphatic carbocycles. The highest BCUT2D eigenvalue weighted by Crippen LogP contribution is 2.27. The van der Waals surface area contributed by atoms with Crippen LogP contribution >= 0.6 is 0 Å². The lowest BCUT2D eigenvalue weighted by Gasteiger charge is -2.08. The van der Waals surface area contributed by atoms with Gasteiger partial charge < -0.3 is 4.98 Å². The molecular weight excluding hydrogens is 224 g/mol. The van der Waals surface area contributed by atoms with Gasteiger partial charge >= 0.3 is 0 Å². The highest BCUT2D eigenvalue weighted by Gasteiger charge is 2.11. The predicted octanol–water partition coefficient (Wildman–Crippen LogP) is 2.95. The molecule has 2 heterocycles. The Bertz CT molecular complexity index is 671. The van der Waals surface area contributed by atoms with Gasteiger partial charge in [-0.15, -0.1) is 0 Å². The summed E-state index contributed by atoms with van der Waals surface area (Å²) in [7, 11) is 0. The molecule has 0 spiro atoms. The van der Waals surface area contributed by atoms with Crippen LogP contribution in [0.4, 0.5) is 0 Å². The van der Waals surface area contributed by atoms with Crippen LogP contribution in [0, 0.1) is 20.8 Å². The number of benzene rings is 1. The Morgan fingerprint density at radius 2 is 1.78 bits per heavy atom. The summed E-state index contributed by atoms with van der Waals surface area (Å²) in [5, 5.41) is 0. The van der Waals surface area contributed by atoms with Crippen molar-refractivity contribution in [1.29, 1.82) is 0 Å². The maximum Gasteiger partial charge on any atom is 0.181 e. The van der Waals surface area contributed by atoms with Gasteiger partial charge in [-0.05, 0) is 31.9 Å². The summed E-state index contributed by atoms with van der Waals surface area (Å²) in [6, 6.07) is 4.34. The van der Waals surface area contributed by atoms with Gasteiger partial charge in [0.15, 0.2) is 5.65 Å². The summed E-state index contributed by atoms with van der Waals surface area (Å²) in [6.07, 6.45) is 3.26. The normalized spacial score (nSPS) is 11.1. The number of hydrogen-bond acceptors (Lipinski definition) is 3. The molecule has 4 nitrogen and oxygen atoms in total. The Kier molecular flexibility index (Phi) is 2.37. The predicted molar refractivity (Wildman–Crippen MR) is 71.3 cm³/mol. The summed E-state index contributed by atoms with van der Waals surface area (Å²) < 4.78 is 0. The number of hydrogen-bond donors (Lipinski definition) is 1. The van der Waals surface area contributed by atoms with E-state index in [0.717, 1.165) is 16.9 Å².